The average Bonchev–Trinajstić information content (AvgIpc) is 3.05. The summed E-state index contributed by atoms with van der Waals surface area (Å²) in [5.41, 5.74) is 1.43. The highest BCUT2D eigenvalue weighted by Gasteiger charge is 2.21. The summed E-state index contributed by atoms with van der Waals surface area (Å²) in [4.78, 5) is 16.5. The summed E-state index contributed by atoms with van der Waals surface area (Å²) in [6.45, 7) is 2.68. The van der Waals surface area contributed by atoms with Gasteiger partial charge in [-0.25, -0.2) is 9.78 Å². The number of hydrogen-bond donors (Lipinski definition) is 0. The molecule has 0 bridgehead atoms. The van der Waals surface area contributed by atoms with Crippen LogP contribution < -0.4 is 0 Å². The molecule has 2 atom stereocenters. The number of aromatic nitrogens is 1. The van der Waals surface area contributed by atoms with Crippen LogP contribution in [0.1, 0.15) is 30.3 Å². The van der Waals surface area contributed by atoms with E-state index in [0.717, 1.165) is 23.4 Å². The van der Waals surface area contributed by atoms with Crippen LogP contribution in [0.4, 0.5) is 0 Å². The second-order valence-electron chi connectivity index (χ2n) is 5.68. The molecule has 1 aliphatic rings. The summed E-state index contributed by atoms with van der Waals surface area (Å²) in [7, 11) is 0. The Morgan fingerprint density at radius 1 is 1.27 bits per heavy atom. The van der Waals surface area contributed by atoms with E-state index < -0.39 is 0 Å². The van der Waals surface area contributed by atoms with E-state index in [-0.39, 0.29) is 5.97 Å². The molecule has 4 heteroatoms. The smallest absolute Gasteiger partial charge is 0.357 e. The summed E-state index contributed by atoms with van der Waals surface area (Å²) in [5, 5.41) is 2.62. The summed E-state index contributed by atoms with van der Waals surface area (Å²) in [6.07, 6.45) is 6.43. The van der Waals surface area contributed by atoms with Crippen molar-refractivity contribution in [3.8, 4) is 10.6 Å². The fourth-order valence-electron chi connectivity index (χ4n) is 2.58. The first-order valence-corrected chi connectivity index (χ1v) is 8.45. The van der Waals surface area contributed by atoms with Gasteiger partial charge in [-0.1, -0.05) is 49.4 Å². The highest BCUT2D eigenvalue weighted by atomic mass is 32.1. The van der Waals surface area contributed by atoms with Crippen LogP contribution in [0.15, 0.2) is 47.9 Å². The van der Waals surface area contributed by atoms with Crippen LogP contribution in [0.2, 0.25) is 0 Å². The summed E-state index contributed by atoms with van der Waals surface area (Å²) in [6, 6.07) is 9.87. The van der Waals surface area contributed by atoms with Crippen molar-refractivity contribution in [3.63, 3.8) is 0 Å². The molecule has 0 saturated heterocycles. The van der Waals surface area contributed by atoms with Gasteiger partial charge in [-0.3, -0.25) is 0 Å². The molecule has 22 heavy (non-hydrogen) atoms. The zero-order chi connectivity index (χ0) is 15.4. The number of rotatable bonds is 4. The molecule has 2 unspecified atom stereocenters. The maximum atomic E-state index is 12.1. The minimum atomic E-state index is -0.319. The van der Waals surface area contributed by atoms with Crippen LogP contribution in [-0.2, 0) is 4.74 Å². The fourth-order valence-corrected chi connectivity index (χ4v) is 3.37. The van der Waals surface area contributed by atoms with Gasteiger partial charge in [0.1, 0.15) is 5.01 Å². The van der Waals surface area contributed by atoms with Gasteiger partial charge in [0.25, 0.3) is 0 Å². The molecule has 3 nitrogen and oxygen atoms in total. The van der Waals surface area contributed by atoms with Gasteiger partial charge < -0.3 is 4.74 Å². The zero-order valence-electron chi connectivity index (χ0n) is 12.6. The molecule has 0 spiro atoms. The Balaban J connectivity index is 1.61. The predicted octanol–water partition coefficient (Wildman–Crippen LogP) is 4.57. The third-order valence-corrected chi connectivity index (χ3v) is 4.97. The average molecular weight is 313 g/mol. The van der Waals surface area contributed by atoms with Crippen molar-refractivity contribution in [1.82, 2.24) is 4.98 Å². The first-order valence-electron chi connectivity index (χ1n) is 7.57. The maximum Gasteiger partial charge on any atom is 0.357 e. The molecule has 1 aromatic heterocycles. The Hall–Kier alpha value is -1.94. The van der Waals surface area contributed by atoms with E-state index in [4.69, 9.17) is 4.74 Å². The topological polar surface area (TPSA) is 39.2 Å². The molecule has 0 saturated carbocycles. The molecular weight excluding hydrogens is 294 g/mol. The molecule has 1 aliphatic carbocycles. The van der Waals surface area contributed by atoms with E-state index in [0.29, 0.717) is 24.1 Å². The number of thiazole rings is 1. The van der Waals surface area contributed by atoms with E-state index in [2.05, 4.69) is 24.1 Å². The number of benzene rings is 1. The van der Waals surface area contributed by atoms with Crippen LogP contribution in [-0.4, -0.2) is 17.6 Å². The summed E-state index contributed by atoms with van der Waals surface area (Å²) >= 11 is 1.47. The molecule has 0 radical (unpaired) electrons. The molecule has 2 aromatic rings. The lowest BCUT2D eigenvalue weighted by atomic mass is 9.85. The van der Waals surface area contributed by atoms with Crippen molar-refractivity contribution >= 4 is 17.3 Å². The van der Waals surface area contributed by atoms with Crippen molar-refractivity contribution in [2.45, 2.75) is 19.8 Å². The Morgan fingerprint density at radius 2 is 2.05 bits per heavy atom. The van der Waals surface area contributed by atoms with Crippen LogP contribution in [0.5, 0.6) is 0 Å². The van der Waals surface area contributed by atoms with Gasteiger partial charge in [0, 0.05) is 10.9 Å². The second-order valence-corrected chi connectivity index (χ2v) is 6.54. The lowest BCUT2D eigenvalue weighted by molar-refractivity contribution is 0.0389. The van der Waals surface area contributed by atoms with Gasteiger partial charge >= 0.3 is 5.97 Å². The molecular formula is C18H19NO2S. The lowest BCUT2D eigenvalue weighted by Crippen LogP contribution is -2.21. The van der Waals surface area contributed by atoms with E-state index in [1.165, 1.54) is 11.3 Å². The van der Waals surface area contributed by atoms with Crippen LogP contribution in [0.3, 0.4) is 0 Å². The first-order chi connectivity index (χ1) is 10.7. The van der Waals surface area contributed by atoms with Crippen molar-refractivity contribution < 1.29 is 9.53 Å². The standard InChI is InChI=1S/C18H19NO2S/c1-13-7-5-6-10-15(13)11-21-18(20)16-12-22-17(19-16)14-8-3-2-4-9-14/h2-6,8-9,12-13,15H,7,10-11H2,1H3. The summed E-state index contributed by atoms with van der Waals surface area (Å²) in [5.74, 6) is 0.662. The molecule has 114 valence electrons. The Bertz CT molecular complexity index is 663. The minimum Gasteiger partial charge on any atom is -0.461 e. The summed E-state index contributed by atoms with van der Waals surface area (Å²) < 4.78 is 5.46. The molecule has 0 N–H and O–H groups in total. The predicted molar refractivity (Wildman–Crippen MR) is 88.9 cm³/mol. The third-order valence-electron chi connectivity index (χ3n) is 4.08. The molecule has 1 heterocycles. The van der Waals surface area contributed by atoms with Gasteiger partial charge in [-0.2, -0.15) is 0 Å². The van der Waals surface area contributed by atoms with E-state index >= 15 is 0 Å². The number of carbonyl (C=O) groups excluding carboxylic acids is 1. The molecule has 1 aromatic carbocycles. The number of esters is 1. The van der Waals surface area contributed by atoms with E-state index in [9.17, 15) is 4.79 Å². The van der Waals surface area contributed by atoms with Crippen LogP contribution >= 0.6 is 11.3 Å². The number of ether oxygens (including phenoxy) is 1. The van der Waals surface area contributed by atoms with Gasteiger partial charge in [-0.15, -0.1) is 11.3 Å². The molecule has 0 fully saturated rings. The second kappa shape index (κ2) is 6.88. The van der Waals surface area contributed by atoms with Crippen molar-refractivity contribution in [3.05, 3.63) is 53.6 Å². The minimum absolute atomic E-state index is 0.319. The van der Waals surface area contributed by atoms with Gasteiger partial charge in [-0.05, 0) is 24.7 Å². The number of allylic oxidation sites excluding steroid dienone is 2. The van der Waals surface area contributed by atoms with Gasteiger partial charge in [0.05, 0.1) is 6.61 Å². The highest BCUT2D eigenvalue weighted by Crippen LogP contribution is 2.26. The Morgan fingerprint density at radius 3 is 2.82 bits per heavy atom. The zero-order valence-corrected chi connectivity index (χ0v) is 13.4. The number of carbonyl (C=O) groups is 1. The Kier molecular flexibility index (Phi) is 4.68. The maximum absolute atomic E-state index is 12.1. The normalized spacial score (nSPS) is 20.8. The first kappa shape index (κ1) is 15.0. The lowest BCUT2D eigenvalue weighted by Gasteiger charge is -2.24. The number of nitrogens with zero attached hydrogens (tertiary/aromatic N) is 1. The Labute approximate surface area is 134 Å². The van der Waals surface area contributed by atoms with Crippen molar-refractivity contribution in [2.24, 2.45) is 11.8 Å². The van der Waals surface area contributed by atoms with Crippen LogP contribution in [0, 0.1) is 11.8 Å². The molecule has 3 rings (SSSR count). The quantitative estimate of drug-likeness (QED) is 0.613. The fraction of sp³-hybridized carbons (Fsp3) is 0.333. The van der Waals surface area contributed by atoms with Crippen molar-refractivity contribution in [2.75, 3.05) is 6.61 Å². The SMILES string of the molecule is CC1CC=CCC1COC(=O)c1csc(-c2ccccc2)n1. The third kappa shape index (κ3) is 3.45. The highest BCUT2D eigenvalue weighted by molar-refractivity contribution is 7.13. The van der Waals surface area contributed by atoms with Gasteiger partial charge in [0.2, 0.25) is 0 Å². The van der Waals surface area contributed by atoms with Crippen LogP contribution in [0.25, 0.3) is 10.6 Å². The van der Waals surface area contributed by atoms with Gasteiger partial charge in [0.15, 0.2) is 5.69 Å². The number of hydrogen-bond acceptors (Lipinski definition) is 4. The van der Waals surface area contributed by atoms with E-state index in [1.807, 2.05) is 30.3 Å². The molecule has 0 amide bonds. The largest absolute Gasteiger partial charge is 0.461 e. The monoisotopic (exact) mass is 313 g/mol. The van der Waals surface area contributed by atoms with Crippen molar-refractivity contribution in [1.29, 1.82) is 0 Å². The molecule has 0 aliphatic heterocycles. The van der Waals surface area contributed by atoms with E-state index in [1.54, 1.807) is 5.38 Å².